The predicted molar refractivity (Wildman–Crippen MR) is 104 cm³/mol. The van der Waals surface area contributed by atoms with Crippen molar-refractivity contribution in [2.24, 2.45) is 0 Å². The van der Waals surface area contributed by atoms with Gasteiger partial charge >= 0.3 is 0 Å². The first-order chi connectivity index (χ1) is 13.2. The van der Waals surface area contributed by atoms with Gasteiger partial charge in [-0.2, -0.15) is 0 Å². The van der Waals surface area contributed by atoms with Gasteiger partial charge in [-0.3, -0.25) is 9.59 Å². The molecule has 4 rings (SSSR count). The number of rotatable bonds is 5. The van der Waals surface area contributed by atoms with Crippen LogP contribution in [0.1, 0.15) is 26.3 Å². The third-order valence-corrected chi connectivity index (χ3v) is 4.58. The second-order valence-electron chi connectivity index (χ2n) is 6.21. The first-order valence-electron chi connectivity index (χ1n) is 8.62. The maximum absolute atomic E-state index is 12.8. The quantitative estimate of drug-likeness (QED) is 0.698. The van der Waals surface area contributed by atoms with Gasteiger partial charge in [0.1, 0.15) is 5.75 Å². The Kier molecular flexibility index (Phi) is 4.34. The van der Waals surface area contributed by atoms with Gasteiger partial charge in [-0.1, -0.05) is 36.4 Å². The number of benzene rings is 3. The van der Waals surface area contributed by atoms with Crippen molar-refractivity contribution in [2.75, 3.05) is 17.3 Å². The monoisotopic (exact) mass is 358 g/mol. The van der Waals surface area contributed by atoms with Crippen LogP contribution in [0.5, 0.6) is 5.75 Å². The van der Waals surface area contributed by atoms with E-state index in [1.807, 2.05) is 42.5 Å². The minimum atomic E-state index is -0.297. The van der Waals surface area contributed by atoms with E-state index in [-0.39, 0.29) is 11.8 Å². The number of hydrogen-bond acceptors (Lipinski definition) is 4. The van der Waals surface area contributed by atoms with E-state index in [4.69, 9.17) is 4.74 Å². The van der Waals surface area contributed by atoms with Gasteiger partial charge < -0.3 is 10.1 Å². The number of para-hydroxylation sites is 2. The molecule has 0 spiro atoms. The molecule has 0 aromatic heterocycles. The number of carbonyl (C=O) groups is 2. The highest BCUT2D eigenvalue weighted by atomic mass is 16.5. The molecule has 5 heteroatoms. The minimum absolute atomic E-state index is 0.297. The van der Waals surface area contributed by atoms with Gasteiger partial charge in [-0.05, 0) is 42.0 Å². The number of anilines is 2. The van der Waals surface area contributed by atoms with Crippen LogP contribution in [0.15, 0.2) is 72.8 Å². The lowest BCUT2D eigenvalue weighted by molar-refractivity contribution is 0.0926. The first-order valence-corrected chi connectivity index (χ1v) is 8.62. The number of ether oxygens (including phenoxy) is 1. The van der Waals surface area contributed by atoms with E-state index in [2.05, 4.69) is 5.32 Å². The molecule has 3 aromatic rings. The van der Waals surface area contributed by atoms with E-state index in [0.29, 0.717) is 23.4 Å². The highest BCUT2D eigenvalue weighted by Crippen LogP contribution is 2.33. The van der Waals surface area contributed by atoms with E-state index in [9.17, 15) is 9.59 Å². The summed E-state index contributed by atoms with van der Waals surface area (Å²) in [4.78, 5) is 26.8. The van der Waals surface area contributed by atoms with Gasteiger partial charge in [0.25, 0.3) is 11.8 Å². The Morgan fingerprint density at radius 2 is 1.41 bits per heavy atom. The topological polar surface area (TPSA) is 58.6 Å². The molecule has 0 fully saturated rings. The van der Waals surface area contributed by atoms with Crippen molar-refractivity contribution in [3.8, 4) is 5.75 Å². The van der Waals surface area contributed by atoms with Crippen molar-refractivity contribution in [1.29, 1.82) is 0 Å². The summed E-state index contributed by atoms with van der Waals surface area (Å²) in [6.45, 7) is 0.560. The predicted octanol–water partition coefficient (Wildman–Crippen LogP) is 4.11. The lowest BCUT2D eigenvalue weighted by atomic mass is 10.1. The zero-order chi connectivity index (χ0) is 18.8. The number of nitrogens with zero attached hydrogens (tertiary/aromatic N) is 1. The maximum Gasteiger partial charge on any atom is 0.266 e. The van der Waals surface area contributed by atoms with Crippen molar-refractivity contribution in [3.05, 3.63) is 89.5 Å². The number of hydrogen-bond donors (Lipinski definition) is 1. The molecule has 134 valence electrons. The maximum atomic E-state index is 12.8. The van der Waals surface area contributed by atoms with Crippen molar-refractivity contribution in [1.82, 2.24) is 0 Å². The molecule has 1 aliphatic heterocycles. The van der Waals surface area contributed by atoms with E-state index in [1.165, 1.54) is 4.90 Å². The molecule has 0 atom stereocenters. The molecule has 1 aliphatic rings. The van der Waals surface area contributed by atoms with Crippen molar-refractivity contribution in [2.45, 2.75) is 6.54 Å². The second-order valence-corrected chi connectivity index (χ2v) is 6.21. The largest absolute Gasteiger partial charge is 0.497 e. The first kappa shape index (κ1) is 16.8. The van der Waals surface area contributed by atoms with Gasteiger partial charge in [0.2, 0.25) is 0 Å². The Hall–Kier alpha value is -3.60. The number of methoxy groups -OCH3 is 1. The van der Waals surface area contributed by atoms with Crippen LogP contribution in [0.25, 0.3) is 0 Å². The van der Waals surface area contributed by atoms with Crippen LogP contribution in [-0.4, -0.2) is 18.9 Å². The van der Waals surface area contributed by atoms with Crippen LogP contribution in [0, 0.1) is 0 Å². The molecule has 3 aromatic carbocycles. The zero-order valence-electron chi connectivity index (χ0n) is 14.8. The van der Waals surface area contributed by atoms with Crippen molar-refractivity contribution >= 4 is 23.2 Å². The number of carbonyl (C=O) groups excluding carboxylic acids is 2. The third-order valence-electron chi connectivity index (χ3n) is 4.58. The Labute approximate surface area is 157 Å². The minimum Gasteiger partial charge on any atom is -0.497 e. The molecule has 0 saturated carbocycles. The Morgan fingerprint density at radius 1 is 0.815 bits per heavy atom. The number of amides is 2. The highest BCUT2D eigenvalue weighted by molar-refractivity contribution is 6.35. The molecule has 0 bridgehead atoms. The summed E-state index contributed by atoms with van der Waals surface area (Å²) in [5, 5.41) is 3.32. The zero-order valence-corrected chi connectivity index (χ0v) is 14.8. The molecule has 0 unspecified atom stereocenters. The molecule has 5 nitrogen and oxygen atoms in total. The van der Waals surface area contributed by atoms with E-state index >= 15 is 0 Å². The van der Waals surface area contributed by atoms with Crippen LogP contribution in [-0.2, 0) is 6.54 Å². The van der Waals surface area contributed by atoms with Crippen LogP contribution in [0.2, 0.25) is 0 Å². The summed E-state index contributed by atoms with van der Waals surface area (Å²) in [6, 6.07) is 22.0. The molecule has 0 saturated heterocycles. The molecule has 0 aliphatic carbocycles. The van der Waals surface area contributed by atoms with Gasteiger partial charge in [-0.25, -0.2) is 4.90 Å². The molecule has 1 heterocycles. The number of fused-ring (bicyclic) bond motifs is 1. The summed E-state index contributed by atoms with van der Waals surface area (Å²) in [5.41, 5.74) is 3.22. The molecular weight excluding hydrogens is 340 g/mol. The smallest absolute Gasteiger partial charge is 0.266 e. The fraction of sp³-hybridized carbons (Fsp3) is 0.0909. The summed E-state index contributed by atoms with van der Waals surface area (Å²) in [5.74, 6) is 0.203. The van der Waals surface area contributed by atoms with Gasteiger partial charge in [0.05, 0.1) is 29.6 Å². The lowest BCUT2D eigenvalue weighted by Crippen LogP contribution is -2.30. The molecule has 0 radical (unpaired) electrons. The van der Waals surface area contributed by atoms with Gasteiger partial charge in [-0.15, -0.1) is 0 Å². The van der Waals surface area contributed by atoms with Crippen LogP contribution in [0.3, 0.4) is 0 Å². The number of imide groups is 1. The van der Waals surface area contributed by atoms with Gasteiger partial charge in [0, 0.05) is 6.54 Å². The highest BCUT2D eigenvalue weighted by Gasteiger charge is 2.37. The third kappa shape index (κ3) is 3.04. The van der Waals surface area contributed by atoms with Crippen LogP contribution < -0.4 is 15.0 Å². The second kappa shape index (κ2) is 6.96. The molecule has 1 N–H and O–H groups in total. The molecular formula is C22H18N2O3. The fourth-order valence-corrected chi connectivity index (χ4v) is 3.17. The van der Waals surface area contributed by atoms with Crippen LogP contribution >= 0.6 is 0 Å². The molecule has 27 heavy (non-hydrogen) atoms. The van der Waals surface area contributed by atoms with E-state index < -0.39 is 0 Å². The Morgan fingerprint density at radius 3 is 2.04 bits per heavy atom. The SMILES string of the molecule is COc1ccc(CNc2ccccc2N2C(=O)c3ccccc3C2=O)cc1. The van der Waals surface area contributed by atoms with Crippen molar-refractivity contribution < 1.29 is 14.3 Å². The number of nitrogens with one attached hydrogen (secondary N) is 1. The normalized spacial score (nSPS) is 12.9. The van der Waals surface area contributed by atoms with E-state index in [0.717, 1.165) is 17.0 Å². The summed E-state index contributed by atoms with van der Waals surface area (Å²) >= 11 is 0. The van der Waals surface area contributed by atoms with Crippen LogP contribution in [0.4, 0.5) is 11.4 Å². The molecule has 2 amide bonds. The standard InChI is InChI=1S/C22H18N2O3/c1-27-16-12-10-15(11-13-16)14-23-19-8-4-5-9-20(19)24-21(25)17-6-2-3-7-18(17)22(24)26/h2-13,23H,14H2,1H3. The summed E-state index contributed by atoms with van der Waals surface area (Å²) < 4.78 is 5.17. The Balaban J connectivity index is 1.60. The van der Waals surface area contributed by atoms with E-state index in [1.54, 1.807) is 37.4 Å². The fourth-order valence-electron chi connectivity index (χ4n) is 3.17. The Bertz CT molecular complexity index is 977. The van der Waals surface area contributed by atoms with Crippen molar-refractivity contribution in [3.63, 3.8) is 0 Å². The lowest BCUT2D eigenvalue weighted by Gasteiger charge is -2.19. The van der Waals surface area contributed by atoms with Gasteiger partial charge in [0.15, 0.2) is 0 Å². The average Bonchev–Trinajstić information content (AvgIpc) is 2.98. The summed E-state index contributed by atoms with van der Waals surface area (Å²) in [7, 11) is 1.63. The average molecular weight is 358 g/mol. The summed E-state index contributed by atoms with van der Waals surface area (Å²) in [6.07, 6.45) is 0.